The largest absolute Gasteiger partial charge is 0.481 e. The van der Waals surface area contributed by atoms with E-state index in [1.54, 1.807) is 0 Å². The minimum atomic E-state index is -0.793. The normalized spacial score (nSPS) is 22.6. The summed E-state index contributed by atoms with van der Waals surface area (Å²) in [4.78, 5) is 25.7. The molecule has 0 saturated heterocycles. The molecule has 1 heterocycles. The van der Waals surface area contributed by atoms with Gasteiger partial charge in [-0.05, 0) is 37.8 Å². The molecule has 1 amide bonds. The van der Waals surface area contributed by atoms with Crippen LogP contribution in [0, 0.1) is 12.8 Å². The number of rotatable bonds is 4. The summed E-state index contributed by atoms with van der Waals surface area (Å²) in [5.74, 6) is -1.37. The van der Waals surface area contributed by atoms with Crippen LogP contribution in [0.25, 0.3) is 0 Å². The van der Waals surface area contributed by atoms with Crippen molar-refractivity contribution < 1.29 is 14.7 Å². The first-order chi connectivity index (χ1) is 10.0. The van der Waals surface area contributed by atoms with Gasteiger partial charge in [-0.25, -0.2) is 0 Å². The van der Waals surface area contributed by atoms with Crippen LogP contribution in [0.1, 0.15) is 59.1 Å². The van der Waals surface area contributed by atoms with Crippen molar-refractivity contribution in [1.82, 2.24) is 5.32 Å². The van der Waals surface area contributed by atoms with E-state index < -0.39 is 11.9 Å². The highest BCUT2D eigenvalue weighted by Gasteiger charge is 2.31. The van der Waals surface area contributed by atoms with E-state index in [2.05, 4.69) is 12.2 Å². The fourth-order valence-electron chi connectivity index (χ4n) is 3.00. The van der Waals surface area contributed by atoms with Crippen LogP contribution in [0.3, 0.4) is 0 Å². The Kier molecular flexibility index (Phi) is 5.39. The van der Waals surface area contributed by atoms with Gasteiger partial charge in [-0.3, -0.25) is 9.59 Å². The highest BCUT2D eigenvalue weighted by atomic mass is 32.1. The number of carboxylic acids is 1. The van der Waals surface area contributed by atoms with Crippen LogP contribution in [0.4, 0.5) is 0 Å². The number of aryl methyl sites for hydroxylation is 2. The van der Waals surface area contributed by atoms with Crippen molar-refractivity contribution in [2.75, 3.05) is 0 Å². The van der Waals surface area contributed by atoms with Gasteiger partial charge in [-0.1, -0.05) is 26.2 Å². The molecule has 1 aromatic heterocycles. The zero-order chi connectivity index (χ0) is 15.4. The number of carboxylic acid groups (broad SMARTS) is 1. The Morgan fingerprint density at radius 2 is 2.05 bits per heavy atom. The Balaban J connectivity index is 2.10. The van der Waals surface area contributed by atoms with Gasteiger partial charge in [-0.2, -0.15) is 0 Å². The number of carbonyl (C=O) groups excluding carboxylic acids is 1. The van der Waals surface area contributed by atoms with Crippen molar-refractivity contribution in [2.45, 2.75) is 58.4 Å². The summed E-state index contributed by atoms with van der Waals surface area (Å²) >= 11 is 1.51. The molecule has 1 aliphatic carbocycles. The molecule has 0 aromatic carbocycles. The molecule has 1 fully saturated rings. The fraction of sp³-hybridized carbons (Fsp3) is 0.625. The van der Waals surface area contributed by atoms with E-state index >= 15 is 0 Å². The number of aliphatic carboxylic acids is 1. The molecular weight excluding hydrogens is 286 g/mol. The topological polar surface area (TPSA) is 66.4 Å². The Labute approximate surface area is 129 Å². The predicted molar refractivity (Wildman–Crippen MR) is 83.9 cm³/mol. The Morgan fingerprint density at radius 3 is 2.67 bits per heavy atom. The summed E-state index contributed by atoms with van der Waals surface area (Å²) in [5.41, 5.74) is 1.14. The Hall–Kier alpha value is -1.36. The molecule has 0 spiro atoms. The van der Waals surface area contributed by atoms with E-state index in [0.29, 0.717) is 11.3 Å². The molecule has 21 heavy (non-hydrogen) atoms. The number of carbonyl (C=O) groups is 2. The molecule has 5 heteroatoms. The molecule has 1 saturated carbocycles. The molecule has 0 aliphatic heterocycles. The van der Waals surface area contributed by atoms with Crippen LogP contribution in [0.5, 0.6) is 0 Å². The molecule has 2 N–H and O–H groups in total. The third-order valence-electron chi connectivity index (χ3n) is 4.22. The van der Waals surface area contributed by atoms with Gasteiger partial charge in [0.1, 0.15) is 0 Å². The molecule has 2 atom stereocenters. The molecule has 2 rings (SSSR count). The number of hydrogen-bond donors (Lipinski definition) is 2. The third kappa shape index (κ3) is 3.84. The SMILES string of the molecule is CCc1sc(C(=O)NC2CCCCCC2C(=O)O)cc1C. The summed E-state index contributed by atoms with van der Waals surface area (Å²) < 4.78 is 0. The van der Waals surface area contributed by atoms with Crippen LogP contribution < -0.4 is 5.32 Å². The highest BCUT2D eigenvalue weighted by molar-refractivity contribution is 7.14. The van der Waals surface area contributed by atoms with Crippen molar-refractivity contribution in [1.29, 1.82) is 0 Å². The average molecular weight is 309 g/mol. The number of thiophene rings is 1. The van der Waals surface area contributed by atoms with E-state index in [0.717, 1.165) is 37.7 Å². The summed E-state index contributed by atoms with van der Waals surface area (Å²) in [6.45, 7) is 4.09. The van der Waals surface area contributed by atoms with E-state index in [1.807, 2.05) is 13.0 Å². The smallest absolute Gasteiger partial charge is 0.308 e. The first kappa shape index (κ1) is 16.0. The summed E-state index contributed by atoms with van der Waals surface area (Å²) in [6.07, 6.45) is 5.30. The van der Waals surface area contributed by atoms with Crippen LogP contribution in [-0.2, 0) is 11.2 Å². The van der Waals surface area contributed by atoms with Crippen molar-refractivity contribution in [3.05, 3.63) is 21.4 Å². The van der Waals surface area contributed by atoms with Crippen molar-refractivity contribution >= 4 is 23.2 Å². The first-order valence-corrected chi connectivity index (χ1v) is 8.47. The lowest BCUT2D eigenvalue weighted by molar-refractivity contribution is -0.142. The second kappa shape index (κ2) is 7.07. The lowest BCUT2D eigenvalue weighted by atomic mass is 9.95. The fourth-order valence-corrected chi connectivity index (χ4v) is 4.02. The van der Waals surface area contributed by atoms with Crippen molar-refractivity contribution in [3.63, 3.8) is 0 Å². The molecule has 116 valence electrons. The maximum Gasteiger partial charge on any atom is 0.308 e. The van der Waals surface area contributed by atoms with Gasteiger partial charge in [0.2, 0.25) is 0 Å². The zero-order valence-corrected chi connectivity index (χ0v) is 13.5. The molecule has 1 aliphatic rings. The van der Waals surface area contributed by atoms with E-state index in [9.17, 15) is 14.7 Å². The van der Waals surface area contributed by atoms with Crippen LogP contribution in [-0.4, -0.2) is 23.0 Å². The lowest BCUT2D eigenvalue weighted by Gasteiger charge is -2.22. The maximum atomic E-state index is 12.4. The summed E-state index contributed by atoms with van der Waals surface area (Å²) in [7, 11) is 0. The second-order valence-electron chi connectivity index (χ2n) is 5.73. The van der Waals surface area contributed by atoms with Gasteiger partial charge in [0, 0.05) is 10.9 Å². The van der Waals surface area contributed by atoms with Gasteiger partial charge in [0.15, 0.2) is 0 Å². The highest BCUT2D eigenvalue weighted by Crippen LogP contribution is 2.26. The maximum absolute atomic E-state index is 12.4. The minimum Gasteiger partial charge on any atom is -0.481 e. The monoisotopic (exact) mass is 309 g/mol. The van der Waals surface area contributed by atoms with Gasteiger partial charge in [-0.15, -0.1) is 11.3 Å². The van der Waals surface area contributed by atoms with Crippen LogP contribution in [0.2, 0.25) is 0 Å². The molecular formula is C16H23NO3S. The number of nitrogens with one attached hydrogen (secondary N) is 1. The number of amides is 1. The summed E-state index contributed by atoms with van der Waals surface area (Å²) in [5, 5.41) is 12.3. The minimum absolute atomic E-state index is 0.124. The van der Waals surface area contributed by atoms with Crippen molar-refractivity contribution in [3.8, 4) is 0 Å². The molecule has 4 nitrogen and oxygen atoms in total. The Bertz CT molecular complexity index is 524. The first-order valence-electron chi connectivity index (χ1n) is 7.66. The quantitative estimate of drug-likeness (QED) is 0.838. The second-order valence-corrected chi connectivity index (χ2v) is 6.87. The van der Waals surface area contributed by atoms with Gasteiger partial charge in [0.25, 0.3) is 5.91 Å². The predicted octanol–water partition coefficient (Wildman–Crippen LogP) is 3.38. The van der Waals surface area contributed by atoms with Crippen LogP contribution in [0.15, 0.2) is 6.07 Å². The van der Waals surface area contributed by atoms with E-state index in [-0.39, 0.29) is 11.9 Å². The summed E-state index contributed by atoms with van der Waals surface area (Å²) in [6, 6.07) is 1.66. The Morgan fingerprint density at radius 1 is 1.33 bits per heavy atom. The molecule has 0 bridgehead atoms. The zero-order valence-electron chi connectivity index (χ0n) is 12.6. The van der Waals surface area contributed by atoms with Crippen LogP contribution >= 0.6 is 11.3 Å². The third-order valence-corrected chi connectivity index (χ3v) is 5.60. The lowest BCUT2D eigenvalue weighted by Crippen LogP contribution is -2.42. The standard InChI is InChI=1S/C16H23NO3S/c1-3-13-10(2)9-14(21-13)15(18)17-12-8-6-4-5-7-11(12)16(19)20/h9,11-12H,3-8H2,1-2H3,(H,17,18)(H,19,20). The average Bonchev–Trinajstić information content (AvgIpc) is 2.67. The molecule has 0 radical (unpaired) electrons. The molecule has 2 unspecified atom stereocenters. The van der Waals surface area contributed by atoms with Gasteiger partial charge < -0.3 is 10.4 Å². The van der Waals surface area contributed by atoms with E-state index in [4.69, 9.17) is 0 Å². The molecule has 1 aromatic rings. The van der Waals surface area contributed by atoms with Crippen molar-refractivity contribution in [2.24, 2.45) is 5.92 Å². The van der Waals surface area contributed by atoms with Gasteiger partial charge >= 0.3 is 5.97 Å². The number of hydrogen-bond acceptors (Lipinski definition) is 3. The van der Waals surface area contributed by atoms with Gasteiger partial charge in [0.05, 0.1) is 10.8 Å². The van der Waals surface area contributed by atoms with E-state index in [1.165, 1.54) is 16.2 Å².